The average molecular weight is 421 g/mol. The molecule has 0 fully saturated rings. The second-order valence-electron chi connectivity index (χ2n) is 6.87. The van der Waals surface area contributed by atoms with Crippen molar-refractivity contribution >= 4 is 5.91 Å². The maximum absolute atomic E-state index is 12.9. The van der Waals surface area contributed by atoms with Gasteiger partial charge in [0.1, 0.15) is 17.1 Å². The van der Waals surface area contributed by atoms with Crippen LogP contribution in [0.1, 0.15) is 46.5 Å². The van der Waals surface area contributed by atoms with Gasteiger partial charge in [0.15, 0.2) is 5.69 Å². The molecular weight excluding hydrogens is 403 g/mol. The van der Waals surface area contributed by atoms with E-state index in [-0.39, 0.29) is 5.69 Å². The van der Waals surface area contributed by atoms with Crippen LogP contribution in [0.25, 0.3) is 11.5 Å². The molecule has 11 heteroatoms. The number of rotatable bonds is 4. The van der Waals surface area contributed by atoms with Crippen molar-refractivity contribution in [1.29, 1.82) is 0 Å². The van der Waals surface area contributed by atoms with Gasteiger partial charge < -0.3 is 14.5 Å². The van der Waals surface area contributed by atoms with Gasteiger partial charge in [0, 0.05) is 37.4 Å². The number of aryl methyl sites for hydroxylation is 2. The number of halogens is 3. The number of methoxy groups -OCH3 is 1. The fraction of sp³-hybridized carbons (Fsp3) is 0.368. The van der Waals surface area contributed by atoms with Crippen molar-refractivity contribution < 1.29 is 27.1 Å². The molecule has 4 rings (SSSR count). The standard InChI is InChI=1S/C19H18F3N5O3/c1-27-12(9-14(26-27)19(20,21)22)17(28)24-11-4-3-5-13-16(11)25-18(30-13)10-6-7-23-15(8-10)29-2/h6-9,11H,3-5H2,1-2H3,(H,24,28)/t11-/m0/s1. The molecular formula is C19H18F3N5O3. The Bertz CT molecular complexity index is 1090. The van der Waals surface area contributed by atoms with Gasteiger partial charge in [-0.25, -0.2) is 9.97 Å². The van der Waals surface area contributed by atoms with E-state index in [0.717, 1.165) is 17.2 Å². The zero-order valence-corrected chi connectivity index (χ0v) is 16.2. The molecule has 1 aliphatic carbocycles. The number of hydrogen-bond donors (Lipinski definition) is 1. The Kier molecular flexibility index (Phi) is 4.96. The highest BCUT2D eigenvalue weighted by molar-refractivity contribution is 5.93. The number of nitrogens with one attached hydrogen (secondary N) is 1. The Balaban J connectivity index is 1.59. The topological polar surface area (TPSA) is 95.1 Å². The fourth-order valence-electron chi connectivity index (χ4n) is 3.39. The SMILES string of the molecule is COc1cc(-c2nc3c(o2)CCC[C@@H]3NC(=O)c2cc(C(F)(F)F)nn2C)ccn1. The van der Waals surface area contributed by atoms with Crippen LogP contribution in [0.4, 0.5) is 13.2 Å². The number of pyridine rings is 1. The van der Waals surface area contributed by atoms with Crippen LogP contribution >= 0.6 is 0 Å². The van der Waals surface area contributed by atoms with Crippen LogP contribution in [0, 0.1) is 0 Å². The molecule has 0 bridgehead atoms. The summed E-state index contributed by atoms with van der Waals surface area (Å²) in [7, 11) is 2.79. The highest BCUT2D eigenvalue weighted by Gasteiger charge is 2.36. The lowest BCUT2D eigenvalue weighted by Gasteiger charge is -2.21. The van der Waals surface area contributed by atoms with E-state index in [1.54, 1.807) is 18.3 Å². The first-order valence-corrected chi connectivity index (χ1v) is 9.18. The maximum atomic E-state index is 12.9. The molecule has 0 saturated carbocycles. The Morgan fingerprint density at radius 2 is 2.17 bits per heavy atom. The number of fused-ring (bicyclic) bond motifs is 1. The van der Waals surface area contributed by atoms with Gasteiger partial charge in [0.2, 0.25) is 11.8 Å². The third-order valence-electron chi connectivity index (χ3n) is 4.85. The molecule has 0 aromatic carbocycles. The van der Waals surface area contributed by atoms with Gasteiger partial charge in [-0.05, 0) is 18.9 Å². The number of amides is 1. The number of hydrogen-bond acceptors (Lipinski definition) is 6. The predicted octanol–water partition coefficient (Wildman–Crippen LogP) is 3.30. The summed E-state index contributed by atoms with van der Waals surface area (Å²) >= 11 is 0. The van der Waals surface area contributed by atoms with Gasteiger partial charge >= 0.3 is 6.18 Å². The van der Waals surface area contributed by atoms with Gasteiger partial charge in [0.05, 0.1) is 13.2 Å². The number of nitrogens with zero attached hydrogens (tertiary/aromatic N) is 4. The van der Waals surface area contributed by atoms with Crippen molar-refractivity contribution in [2.45, 2.75) is 31.5 Å². The van der Waals surface area contributed by atoms with Gasteiger partial charge in [-0.3, -0.25) is 9.48 Å². The number of carbonyl (C=O) groups excluding carboxylic acids is 1. The minimum atomic E-state index is -4.62. The van der Waals surface area contributed by atoms with Crippen molar-refractivity contribution in [2.75, 3.05) is 7.11 Å². The first-order chi connectivity index (χ1) is 14.3. The minimum Gasteiger partial charge on any atom is -0.481 e. The molecule has 1 amide bonds. The van der Waals surface area contributed by atoms with Crippen LogP contribution in [0.2, 0.25) is 0 Å². The molecule has 1 aliphatic rings. The zero-order chi connectivity index (χ0) is 21.5. The molecule has 0 radical (unpaired) electrons. The summed E-state index contributed by atoms with van der Waals surface area (Å²) in [5.41, 5.74) is -0.0618. The average Bonchev–Trinajstić information content (AvgIpc) is 3.32. The number of carbonyl (C=O) groups is 1. The van der Waals surface area contributed by atoms with Crippen molar-refractivity contribution in [2.24, 2.45) is 7.05 Å². The monoisotopic (exact) mass is 421 g/mol. The summed E-state index contributed by atoms with van der Waals surface area (Å²) < 4.78 is 50.5. The molecule has 0 spiro atoms. The highest BCUT2D eigenvalue weighted by atomic mass is 19.4. The summed E-state index contributed by atoms with van der Waals surface area (Å²) in [4.78, 5) is 21.2. The van der Waals surface area contributed by atoms with E-state index in [0.29, 0.717) is 41.6 Å². The lowest BCUT2D eigenvalue weighted by atomic mass is 9.96. The van der Waals surface area contributed by atoms with E-state index in [4.69, 9.17) is 9.15 Å². The Hall–Kier alpha value is -3.37. The van der Waals surface area contributed by atoms with Crippen molar-refractivity contribution in [3.63, 3.8) is 0 Å². The quantitative estimate of drug-likeness (QED) is 0.695. The predicted molar refractivity (Wildman–Crippen MR) is 97.6 cm³/mol. The van der Waals surface area contributed by atoms with Gasteiger partial charge in [0.25, 0.3) is 5.91 Å². The first-order valence-electron chi connectivity index (χ1n) is 9.18. The van der Waals surface area contributed by atoms with Gasteiger partial charge in [-0.2, -0.15) is 18.3 Å². The van der Waals surface area contributed by atoms with Gasteiger partial charge in [-0.1, -0.05) is 0 Å². The van der Waals surface area contributed by atoms with Crippen LogP contribution in [0.3, 0.4) is 0 Å². The molecule has 8 nitrogen and oxygen atoms in total. The third-order valence-corrected chi connectivity index (χ3v) is 4.85. The molecule has 0 aliphatic heterocycles. The van der Waals surface area contributed by atoms with E-state index in [1.165, 1.54) is 14.2 Å². The van der Waals surface area contributed by atoms with E-state index in [1.807, 2.05) is 0 Å². The summed E-state index contributed by atoms with van der Waals surface area (Å²) in [6.07, 6.45) is -1.07. The highest BCUT2D eigenvalue weighted by Crippen LogP contribution is 2.34. The summed E-state index contributed by atoms with van der Waals surface area (Å²) in [5.74, 6) is 0.749. The molecule has 158 valence electrons. The third kappa shape index (κ3) is 3.74. The number of aromatic nitrogens is 4. The molecule has 0 saturated heterocycles. The minimum absolute atomic E-state index is 0.183. The zero-order valence-electron chi connectivity index (χ0n) is 16.2. The number of alkyl halides is 3. The molecule has 3 aromatic heterocycles. The Labute approximate surface area is 169 Å². The van der Waals surface area contributed by atoms with Crippen molar-refractivity contribution in [3.8, 4) is 17.3 Å². The summed E-state index contributed by atoms with van der Waals surface area (Å²) in [5, 5.41) is 6.14. The molecule has 30 heavy (non-hydrogen) atoms. The Morgan fingerprint density at radius 3 is 2.87 bits per heavy atom. The smallest absolute Gasteiger partial charge is 0.435 e. The maximum Gasteiger partial charge on any atom is 0.435 e. The second kappa shape index (κ2) is 7.47. The molecule has 1 atom stereocenters. The molecule has 0 unspecified atom stereocenters. The van der Waals surface area contributed by atoms with Crippen LogP contribution in [-0.2, 0) is 19.6 Å². The van der Waals surface area contributed by atoms with E-state index in [2.05, 4.69) is 20.4 Å². The normalized spacial score (nSPS) is 16.2. The van der Waals surface area contributed by atoms with Gasteiger partial charge in [-0.15, -0.1) is 0 Å². The first kappa shape index (κ1) is 19.9. The number of ether oxygens (including phenoxy) is 1. The van der Waals surface area contributed by atoms with Crippen LogP contribution < -0.4 is 10.1 Å². The summed E-state index contributed by atoms with van der Waals surface area (Å²) in [6.45, 7) is 0. The van der Waals surface area contributed by atoms with Crippen molar-refractivity contribution in [1.82, 2.24) is 25.1 Å². The largest absolute Gasteiger partial charge is 0.481 e. The summed E-state index contributed by atoms with van der Waals surface area (Å²) in [6, 6.07) is 3.66. The molecule has 3 heterocycles. The molecule has 3 aromatic rings. The lowest BCUT2D eigenvalue weighted by Crippen LogP contribution is -2.32. The van der Waals surface area contributed by atoms with E-state index < -0.39 is 23.8 Å². The lowest BCUT2D eigenvalue weighted by molar-refractivity contribution is -0.141. The van der Waals surface area contributed by atoms with E-state index >= 15 is 0 Å². The van der Waals surface area contributed by atoms with Crippen molar-refractivity contribution in [3.05, 3.63) is 47.2 Å². The van der Waals surface area contributed by atoms with Crippen LogP contribution in [-0.4, -0.2) is 32.8 Å². The van der Waals surface area contributed by atoms with E-state index in [9.17, 15) is 18.0 Å². The molecule has 1 N–H and O–H groups in total. The Morgan fingerprint density at radius 1 is 1.37 bits per heavy atom. The number of oxazole rings is 1. The second-order valence-corrected chi connectivity index (χ2v) is 6.87. The fourth-order valence-corrected chi connectivity index (χ4v) is 3.39. The van der Waals surface area contributed by atoms with Crippen LogP contribution in [0.5, 0.6) is 5.88 Å². The van der Waals surface area contributed by atoms with Crippen LogP contribution in [0.15, 0.2) is 28.8 Å².